The fourth-order valence-electron chi connectivity index (χ4n) is 1.71. The average molecular weight is 373 g/mol. The van der Waals surface area contributed by atoms with E-state index in [1.807, 2.05) is 0 Å². The number of hydrogen-bond donors (Lipinski definition) is 2. The van der Waals surface area contributed by atoms with Crippen molar-refractivity contribution in [2.24, 2.45) is 0 Å². The van der Waals surface area contributed by atoms with E-state index >= 15 is 0 Å². The standard InChI is InChI=1S/C14H8BrClFNO3/c15-9-6-7(16)4-5-8(9)13(19)18-11-3-1-2-10(17)12(11)14(20)21/h1-6H,(H,18,19)(H,20,21). The van der Waals surface area contributed by atoms with Gasteiger partial charge in [-0.25, -0.2) is 9.18 Å². The Morgan fingerprint density at radius 3 is 2.57 bits per heavy atom. The summed E-state index contributed by atoms with van der Waals surface area (Å²) >= 11 is 8.97. The van der Waals surface area contributed by atoms with Crippen molar-refractivity contribution in [2.75, 3.05) is 5.32 Å². The molecule has 7 heteroatoms. The van der Waals surface area contributed by atoms with Crippen molar-refractivity contribution in [1.29, 1.82) is 0 Å². The molecule has 21 heavy (non-hydrogen) atoms. The predicted molar refractivity (Wildman–Crippen MR) is 80.5 cm³/mol. The molecule has 0 bridgehead atoms. The molecule has 2 aromatic carbocycles. The van der Waals surface area contributed by atoms with Gasteiger partial charge in [-0.15, -0.1) is 0 Å². The molecule has 108 valence electrons. The van der Waals surface area contributed by atoms with Crippen molar-refractivity contribution >= 4 is 45.1 Å². The Labute approximate surface area is 132 Å². The van der Waals surface area contributed by atoms with E-state index in [-0.39, 0.29) is 11.3 Å². The molecule has 2 N–H and O–H groups in total. The molecular weight excluding hydrogens is 365 g/mol. The summed E-state index contributed by atoms with van der Waals surface area (Å²) in [6.07, 6.45) is 0. The fourth-order valence-corrected chi connectivity index (χ4v) is 2.57. The first-order chi connectivity index (χ1) is 9.90. The van der Waals surface area contributed by atoms with Gasteiger partial charge in [0.25, 0.3) is 5.91 Å². The van der Waals surface area contributed by atoms with E-state index in [9.17, 15) is 14.0 Å². The zero-order valence-corrected chi connectivity index (χ0v) is 12.7. The molecule has 0 unspecified atom stereocenters. The number of rotatable bonds is 3. The first kappa shape index (κ1) is 15.5. The lowest BCUT2D eigenvalue weighted by molar-refractivity contribution is 0.0693. The summed E-state index contributed by atoms with van der Waals surface area (Å²) in [6.45, 7) is 0. The molecule has 2 aromatic rings. The Balaban J connectivity index is 2.36. The summed E-state index contributed by atoms with van der Waals surface area (Å²) in [5.41, 5.74) is -0.453. The smallest absolute Gasteiger partial charge is 0.340 e. The number of hydrogen-bond acceptors (Lipinski definition) is 2. The van der Waals surface area contributed by atoms with Crippen LogP contribution in [0.2, 0.25) is 5.02 Å². The van der Waals surface area contributed by atoms with Crippen LogP contribution in [-0.4, -0.2) is 17.0 Å². The number of benzene rings is 2. The Morgan fingerprint density at radius 2 is 1.95 bits per heavy atom. The molecule has 1 amide bonds. The zero-order chi connectivity index (χ0) is 15.6. The van der Waals surface area contributed by atoms with Crippen LogP contribution in [0.4, 0.5) is 10.1 Å². The van der Waals surface area contributed by atoms with Crippen molar-refractivity contribution in [2.45, 2.75) is 0 Å². The highest BCUT2D eigenvalue weighted by Crippen LogP contribution is 2.24. The van der Waals surface area contributed by atoms with Crippen LogP contribution in [0.5, 0.6) is 0 Å². The van der Waals surface area contributed by atoms with Crippen LogP contribution in [0.15, 0.2) is 40.9 Å². The molecule has 0 aliphatic rings. The Hall–Kier alpha value is -1.92. The lowest BCUT2D eigenvalue weighted by Gasteiger charge is -2.10. The molecule has 0 spiro atoms. The van der Waals surface area contributed by atoms with Crippen molar-refractivity contribution in [1.82, 2.24) is 0 Å². The minimum atomic E-state index is -1.46. The maximum Gasteiger partial charge on any atom is 0.340 e. The van der Waals surface area contributed by atoms with Crippen LogP contribution in [0.3, 0.4) is 0 Å². The van der Waals surface area contributed by atoms with Crippen molar-refractivity contribution in [3.05, 3.63) is 62.8 Å². The second kappa shape index (κ2) is 6.24. The highest BCUT2D eigenvalue weighted by Gasteiger charge is 2.18. The number of nitrogens with one attached hydrogen (secondary N) is 1. The first-order valence-corrected chi connectivity index (χ1v) is 6.85. The number of carboxylic acids is 1. The van der Waals surface area contributed by atoms with E-state index in [0.717, 1.165) is 6.07 Å². The van der Waals surface area contributed by atoms with Crippen LogP contribution in [0.25, 0.3) is 0 Å². The second-order valence-corrected chi connectivity index (χ2v) is 5.34. The number of halogens is 3. The van der Waals surface area contributed by atoms with Crippen LogP contribution < -0.4 is 5.32 Å². The van der Waals surface area contributed by atoms with Gasteiger partial charge in [-0.05, 0) is 46.3 Å². The third-order valence-corrected chi connectivity index (χ3v) is 3.54. The Bertz CT molecular complexity index is 736. The highest BCUT2D eigenvalue weighted by atomic mass is 79.9. The van der Waals surface area contributed by atoms with Gasteiger partial charge in [0.05, 0.1) is 11.3 Å². The van der Waals surface area contributed by atoms with Crippen LogP contribution in [0, 0.1) is 5.82 Å². The number of amides is 1. The highest BCUT2D eigenvalue weighted by molar-refractivity contribution is 9.10. The third kappa shape index (κ3) is 3.40. The van der Waals surface area contributed by atoms with Crippen LogP contribution in [0.1, 0.15) is 20.7 Å². The summed E-state index contributed by atoms with van der Waals surface area (Å²) in [6, 6.07) is 8.16. The minimum absolute atomic E-state index is 0.116. The number of aromatic carboxylic acids is 1. The van der Waals surface area contributed by atoms with Gasteiger partial charge in [-0.1, -0.05) is 17.7 Å². The molecule has 0 saturated carbocycles. The minimum Gasteiger partial charge on any atom is -0.478 e. The predicted octanol–water partition coefficient (Wildman–Crippen LogP) is 4.19. The first-order valence-electron chi connectivity index (χ1n) is 5.68. The molecule has 0 aliphatic heterocycles. The van der Waals surface area contributed by atoms with Crippen LogP contribution >= 0.6 is 27.5 Å². The summed E-state index contributed by atoms with van der Waals surface area (Å²) in [7, 11) is 0. The fraction of sp³-hybridized carbons (Fsp3) is 0. The van der Waals surface area contributed by atoms with E-state index in [1.54, 1.807) is 0 Å². The van der Waals surface area contributed by atoms with E-state index in [0.29, 0.717) is 9.50 Å². The summed E-state index contributed by atoms with van der Waals surface area (Å²) < 4.78 is 14.0. The largest absolute Gasteiger partial charge is 0.478 e. The lowest BCUT2D eigenvalue weighted by Crippen LogP contribution is -2.16. The lowest BCUT2D eigenvalue weighted by atomic mass is 10.1. The SMILES string of the molecule is O=C(Nc1cccc(F)c1C(=O)O)c1ccc(Cl)cc1Br. The maximum atomic E-state index is 13.5. The topological polar surface area (TPSA) is 66.4 Å². The van der Waals surface area contributed by atoms with Gasteiger partial charge in [0.2, 0.25) is 0 Å². The quantitative estimate of drug-likeness (QED) is 0.849. The molecule has 4 nitrogen and oxygen atoms in total. The van der Waals surface area contributed by atoms with Gasteiger partial charge in [0, 0.05) is 9.50 Å². The van der Waals surface area contributed by atoms with E-state index in [2.05, 4.69) is 21.2 Å². The normalized spacial score (nSPS) is 10.2. The van der Waals surface area contributed by atoms with Gasteiger partial charge < -0.3 is 10.4 Å². The second-order valence-electron chi connectivity index (χ2n) is 4.05. The molecule has 2 rings (SSSR count). The molecule has 0 atom stereocenters. The molecule has 0 aromatic heterocycles. The number of carboxylic acid groups (broad SMARTS) is 1. The van der Waals surface area contributed by atoms with Gasteiger partial charge in [0.15, 0.2) is 0 Å². The van der Waals surface area contributed by atoms with Gasteiger partial charge >= 0.3 is 5.97 Å². The van der Waals surface area contributed by atoms with E-state index in [1.165, 1.54) is 30.3 Å². The molecule has 0 fully saturated rings. The summed E-state index contributed by atoms with van der Waals surface area (Å²) in [5.74, 6) is -2.96. The molecule has 0 heterocycles. The monoisotopic (exact) mass is 371 g/mol. The Kier molecular flexibility index (Phi) is 4.59. The van der Waals surface area contributed by atoms with Gasteiger partial charge in [-0.3, -0.25) is 4.79 Å². The van der Waals surface area contributed by atoms with Gasteiger partial charge in [0.1, 0.15) is 11.4 Å². The van der Waals surface area contributed by atoms with Crippen LogP contribution in [-0.2, 0) is 0 Å². The zero-order valence-electron chi connectivity index (χ0n) is 10.4. The number of carbonyl (C=O) groups is 2. The summed E-state index contributed by atoms with van der Waals surface area (Å²) in [4.78, 5) is 23.2. The number of anilines is 1. The molecular formula is C14H8BrClFNO3. The van der Waals surface area contributed by atoms with Gasteiger partial charge in [-0.2, -0.15) is 0 Å². The average Bonchev–Trinajstić information content (AvgIpc) is 2.37. The van der Waals surface area contributed by atoms with Crippen molar-refractivity contribution < 1.29 is 19.1 Å². The maximum absolute atomic E-state index is 13.5. The number of carbonyl (C=O) groups excluding carboxylic acids is 1. The van der Waals surface area contributed by atoms with E-state index < -0.39 is 23.3 Å². The van der Waals surface area contributed by atoms with E-state index in [4.69, 9.17) is 16.7 Å². The van der Waals surface area contributed by atoms with Crippen molar-refractivity contribution in [3.8, 4) is 0 Å². The molecule has 0 radical (unpaired) electrons. The Morgan fingerprint density at radius 1 is 1.24 bits per heavy atom. The molecule has 0 aliphatic carbocycles. The molecule has 0 saturated heterocycles. The summed E-state index contributed by atoms with van der Waals surface area (Å²) in [5, 5.41) is 11.8. The van der Waals surface area contributed by atoms with Crippen molar-refractivity contribution in [3.63, 3.8) is 0 Å². The third-order valence-electron chi connectivity index (χ3n) is 2.65.